The predicted octanol–water partition coefficient (Wildman–Crippen LogP) is 2.61. The summed E-state index contributed by atoms with van der Waals surface area (Å²) in [5, 5.41) is 7.99. The molecule has 3 nitrogen and oxygen atoms in total. The molecule has 1 fully saturated rings. The number of nitrogens with zero attached hydrogens (tertiary/aromatic N) is 3. The van der Waals surface area contributed by atoms with Crippen molar-refractivity contribution in [1.82, 2.24) is 15.0 Å². The smallest absolute Gasteiger partial charge is 0.151 e. The molecule has 0 bridgehead atoms. The van der Waals surface area contributed by atoms with Crippen molar-refractivity contribution in [2.75, 3.05) is 0 Å². The van der Waals surface area contributed by atoms with E-state index in [2.05, 4.69) is 42.2 Å². The molecule has 0 radical (unpaired) electrons. The molecule has 13 heavy (non-hydrogen) atoms. The third kappa shape index (κ3) is 1.81. The zero-order valence-corrected chi connectivity index (χ0v) is 10.5. The maximum atomic E-state index is 4.00. The van der Waals surface area contributed by atoms with Crippen LogP contribution in [-0.2, 0) is 7.05 Å². The molecule has 0 aliphatic heterocycles. The van der Waals surface area contributed by atoms with Crippen molar-refractivity contribution in [3.05, 3.63) is 10.3 Å². The lowest BCUT2D eigenvalue weighted by Gasteiger charge is -2.08. The van der Waals surface area contributed by atoms with Gasteiger partial charge in [0.2, 0.25) is 0 Å². The summed E-state index contributed by atoms with van der Waals surface area (Å²) < 4.78 is 2.78. The van der Waals surface area contributed by atoms with Crippen molar-refractivity contribution < 1.29 is 0 Å². The van der Waals surface area contributed by atoms with Crippen LogP contribution in [0.1, 0.15) is 30.9 Å². The number of rotatable bonds is 1. The lowest BCUT2D eigenvalue weighted by molar-refractivity contribution is 0.607. The first-order valence-corrected chi connectivity index (χ1v) is 6.08. The van der Waals surface area contributed by atoms with Crippen LogP contribution in [0.4, 0.5) is 0 Å². The van der Waals surface area contributed by atoms with Crippen LogP contribution in [0.15, 0.2) is 4.60 Å². The Morgan fingerprint density at radius 2 is 2.23 bits per heavy atom. The van der Waals surface area contributed by atoms with Gasteiger partial charge in [-0.1, -0.05) is 21.1 Å². The Bertz CT molecular complexity index is 291. The van der Waals surface area contributed by atoms with Crippen LogP contribution in [0, 0.1) is 0 Å². The fourth-order valence-electron chi connectivity index (χ4n) is 1.95. The minimum atomic E-state index is 0.610. The van der Waals surface area contributed by atoms with Gasteiger partial charge in [-0.25, -0.2) is 0 Å². The monoisotopic (exact) mass is 307 g/mol. The summed E-state index contributed by atoms with van der Waals surface area (Å²) in [6.07, 6.45) is 3.68. The second-order valence-corrected chi connectivity index (χ2v) is 5.54. The van der Waals surface area contributed by atoms with E-state index in [-0.39, 0.29) is 0 Å². The Morgan fingerprint density at radius 1 is 1.46 bits per heavy atom. The van der Waals surface area contributed by atoms with E-state index in [9.17, 15) is 0 Å². The zero-order chi connectivity index (χ0) is 9.42. The van der Waals surface area contributed by atoms with Crippen molar-refractivity contribution in [3.8, 4) is 0 Å². The molecular weight excluding hydrogens is 298 g/mol. The molecule has 2 atom stereocenters. The van der Waals surface area contributed by atoms with E-state index in [1.165, 1.54) is 25.0 Å². The van der Waals surface area contributed by atoms with Gasteiger partial charge < -0.3 is 0 Å². The number of halogens is 2. The Morgan fingerprint density at radius 3 is 2.69 bits per heavy atom. The molecule has 0 amide bonds. The van der Waals surface area contributed by atoms with Crippen molar-refractivity contribution in [1.29, 1.82) is 0 Å². The van der Waals surface area contributed by atoms with Crippen LogP contribution < -0.4 is 0 Å². The van der Waals surface area contributed by atoms with Crippen molar-refractivity contribution in [2.45, 2.75) is 30.0 Å². The number of alkyl halides is 1. The molecule has 1 saturated carbocycles. The lowest BCUT2D eigenvalue weighted by Crippen LogP contribution is -2.03. The molecule has 0 saturated heterocycles. The summed E-state index contributed by atoms with van der Waals surface area (Å²) in [6, 6.07) is 0. The highest BCUT2D eigenvalue weighted by molar-refractivity contribution is 9.10. The fraction of sp³-hybridized carbons (Fsp3) is 0.750. The van der Waals surface area contributed by atoms with Gasteiger partial charge in [0.15, 0.2) is 4.60 Å². The van der Waals surface area contributed by atoms with E-state index >= 15 is 0 Å². The summed E-state index contributed by atoms with van der Waals surface area (Å²) in [5.74, 6) is 0.610. The van der Waals surface area contributed by atoms with Gasteiger partial charge in [0.05, 0.1) is 5.69 Å². The van der Waals surface area contributed by atoms with E-state index in [0.29, 0.717) is 10.7 Å². The van der Waals surface area contributed by atoms with Crippen LogP contribution in [0.2, 0.25) is 0 Å². The Kier molecular flexibility index (Phi) is 2.74. The molecule has 1 aromatic heterocycles. The van der Waals surface area contributed by atoms with E-state index in [1.54, 1.807) is 0 Å². The number of aryl methyl sites for hydroxylation is 1. The van der Waals surface area contributed by atoms with Crippen molar-refractivity contribution >= 4 is 31.9 Å². The largest absolute Gasteiger partial charge is 0.251 e. The third-order valence-corrected chi connectivity index (χ3v) is 3.98. The second kappa shape index (κ2) is 3.69. The number of hydrogen-bond acceptors (Lipinski definition) is 2. The van der Waals surface area contributed by atoms with Gasteiger partial charge in [-0.2, -0.15) is 0 Å². The average Bonchev–Trinajstić information content (AvgIpc) is 2.60. The second-order valence-electron chi connectivity index (χ2n) is 3.50. The normalized spacial score (nSPS) is 28.2. The first-order valence-electron chi connectivity index (χ1n) is 4.37. The fourth-order valence-corrected chi connectivity index (χ4v) is 3.31. The average molecular weight is 309 g/mol. The third-order valence-electron chi connectivity index (χ3n) is 2.58. The molecule has 0 aromatic carbocycles. The molecule has 72 valence electrons. The van der Waals surface area contributed by atoms with E-state index in [1.807, 2.05) is 11.7 Å². The maximum absolute atomic E-state index is 4.00. The molecule has 2 unspecified atom stereocenters. The lowest BCUT2D eigenvalue weighted by atomic mass is 10.1. The Balaban J connectivity index is 2.25. The van der Waals surface area contributed by atoms with Crippen molar-refractivity contribution in [2.24, 2.45) is 7.05 Å². The SMILES string of the molecule is Cn1nnc(Br)c1C1CCC(Br)C1. The van der Waals surface area contributed by atoms with Gasteiger partial charge in [0.1, 0.15) is 0 Å². The minimum absolute atomic E-state index is 0.610. The van der Waals surface area contributed by atoms with Crippen molar-refractivity contribution in [3.63, 3.8) is 0 Å². The van der Waals surface area contributed by atoms with Gasteiger partial charge in [-0.05, 0) is 35.2 Å². The summed E-state index contributed by atoms with van der Waals surface area (Å²) in [7, 11) is 1.95. The first kappa shape index (κ1) is 9.65. The highest BCUT2D eigenvalue weighted by atomic mass is 79.9. The van der Waals surface area contributed by atoms with Gasteiger partial charge in [-0.15, -0.1) is 5.10 Å². The summed E-state index contributed by atoms with van der Waals surface area (Å²) >= 11 is 7.09. The van der Waals surface area contributed by atoms with E-state index < -0.39 is 0 Å². The van der Waals surface area contributed by atoms with Crippen LogP contribution in [-0.4, -0.2) is 19.8 Å². The number of hydrogen-bond donors (Lipinski definition) is 0. The predicted molar refractivity (Wildman–Crippen MR) is 58.0 cm³/mol. The van der Waals surface area contributed by atoms with Gasteiger partial charge in [0.25, 0.3) is 0 Å². The highest BCUT2D eigenvalue weighted by Crippen LogP contribution is 2.39. The quantitative estimate of drug-likeness (QED) is 0.747. The zero-order valence-electron chi connectivity index (χ0n) is 7.37. The molecule has 0 spiro atoms. The maximum Gasteiger partial charge on any atom is 0.151 e. The van der Waals surface area contributed by atoms with Crippen LogP contribution in [0.5, 0.6) is 0 Å². The molecule has 1 heterocycles. The van der Waals surface area contributed by atoms with Crippen LogP contribution in [0.25, 0.3) is 0 Å². The van der Waals surface area contributed by atoms with Crippen LogP contribution >= 0.6 is 31.9 Å². The molecule has 1 aliphatic carbocycles. The number of aromatic nitrogens is 3. The summed E-state index contributed by atoms with van der Waals surface area (Å²) in [6.45, 7) is 0. The Labute approximate surface area is 94.1 Å². The molecule has 0 N–H and O–H groups in total. The molecule has 1 aromatic rings. The standard InChI is InChI=1S/C8H11Br2N3/c1-13-7(8(10)11-12-13)5-2-3-6(9)4-5/h5-6H,2-4H2,1H3. The van der Waals surface area contributed by atoms with Gasteiger partial charge in [-0.3, -0.25) is 4.68 Å². The highest BCUT2D eigenvalue weighted by Gasteiger charge is 2.28. The Hall–Kier alpha value is 0.1000. The molecular formula is C8H11Br2N3. The van der Waals surface area contributed by atoms with E-state index in [4.69, 9.17) is 0 Å². The molecule has 1 aliphatic rings. The summed E-state index contributed by atoms with van der Waals surface area (Å²) in [4.78, 5) is 0.666. The summed E-state index contributed by atoms with van der Waals surface area (Å²) in [5.41, 5.74) is 1.24. The molecule has 2 rings (SSSR count). The van der Waals surface area contributed by atoms with Crippen LogP contribution in [0.3, 0.4) is 0 Å². The van der Waals surface area contributed by atoms with Gasteiger partial charge >= 0.3 is 0 Å². The van der Waals surface area contributed by atoms with E-state index in [0.717, 1.165) is 4.60 Å². The first-order chi connectivity index (χ1) is 6.18. The minimum Gasteiger partial charge on any atom is -0.251 e. The topological polar surface area (TPSA) is 30.7 Å². The van der Waals surface area contributed by atoms with Gasteiger partial charge in [0, 0.05) is 17.8 Å². The molecule has 5 heteroatoms.